The molecule has 0 N–H and O–H groups in total. The molecule has 0 amide bonds. The molecule has 0 aromatic heterocycles. The Bertz CT molecular complexity index is 1040. The molecule has 0 saturated heterocycles. The van der Waals surface area contributed by atoms with Gasteiger partial charge in [-0.05, 0) is 11.1 Å². The number of rotatable bonds is 2. The lowest BCUT2D eigenvalue weighted by atomic mass is 9.71. The van der Waals surface area contributed by atoms with Crippen molar-refractivity contribution in [3.63, 3.8) is 0 Å². The van der Waals surface area contributed by atoms with Gasteiger partial charge in [-0.2, -0.15) is 0 Å². The molecule has 0 unspecified atom stereocenters. The fourth-order valence-electron chi connectivity index (χ4n) is 4.53. The summed E-state index contributed by atoms with van der Waals surface area (Å²) in [5.74, 6) is -0.318. The van der Waals surface area contributed by atoms with Gasteiger partial charge in [0, 0.05) is 17.0 Å². The smallest absolute Gasteiger partial charge is 0.218 e. The molecule has 1 heterocycles. The fraction of sp³-hybridized carbons (Fsp3) is 0.167. The molecule has 1 aliphatic heterocycles. The Labute approximate surface area is 158 Å². The van der Waals surface area contributed by atoms with Crippen LogP contribution >= 0.6 is 0 Å². The lowest BCUT2D eigenvalue weighted by Gasteiger charge is -2.32. The zero-order chi connectivity index (χ0) is 18.4. The van der Waals surface area contributed by atoms with Gasteiger partial charge in [0.15, 0.2) is 0 Å². The summed E-state index contributed by atoms with van der Waals surface area (Å²) in [7, 11) is 0. The molecule has 27 heavy (non-hydrogen) atoms. The number of nitrogens with zero attached hydrogens (tertiary/aromatic N) is 1. The standard InChI is InChI=1S/C24H19NO2/c1-16-19-14-8-9-15-20(19)23(26)24(16)21(17-10-4-2-5-11-17)22(25-27-24)18-12-6-3-7-13-18/h2-16,21H,1H3/t16-,21-,24-/m0/s1. The molecule has 3 heteroatoms. The van der Waals surface area contributed by atoms with Crippen molar-refractivity contribution in [3.05, 3.63) is 107 Å². The molecule has 3 aromatic rings. The zero-order valence-electron chi connectivity index (χ0n) is 15.0. The van der Waals surface area contributed by atoms with E-state index >= 15 is 0 Å². The van der Waals surface area contributed by atoms with Gasteiger partial charge in [0.25, 0.3) is 0 Å². The van der Waals surface area contributed by atoms with Crippen LogP contribution in [0.1, 0.15) is 45.8 Å². The first-order valence-electron chi connectivity index (χ1n) is 9.23. The summed E-state index contributed by atoms with van der Waals surface area (Å²) in [4.78, 5) is 19.7. The summed E-state index contributed by atoms with van der Waals surface area (Å²) >= 11 is 0. The van der Waals surface area contributed by atoms with Gasteiger partial charge in [0.2, 0.25) is 11.4 Å². The van der Waals surface area contributed by atoms with Crippen LogP contribution in [0.2, 0.25) is 0 Å². The summed E-state index contributed by atoms with van der Waals surface area (Å²) in [6.45, 7) is 2.07. The summed E-state index contributed by atoms with van der Waals surface area (Å²) in [6.07, 6.45) is 0. The number of benzene rings is 3. The van der Waals surface area contributed by atoms with Crippen molar-refractivity contribution in [3.8, 4) is 0 Å². The normalized spacial score (nSPS) is 26.0. The molecule has 1 aliphatic carbocycles. The Hall–Kier alpha value is -3.20. The molecule has 2 aliphatic rings. The summed E-state index contributed by atoms with van der Waals surface area (Å²) in [6, 6.07) is 27.9. The third kappa shape index (κ3) is 2.15. The minimum atomic E-state index is -1.03. The van der Waals surface area contributed by atoms with Gasteiger partial charge in [-0.3, -0.25) is 4.79 Å². The first-order valence-corrected chi connectivity index (χ1v) is 9.23. The molecule has 132 valence electrons. The van der Waals surface area contributed by atoms with Gasteiger partial charge in [-0.1, -0.05) is 97.0 Å². The van der Waals surface area contributed by atoms with Crippen molar-refractivity contribution in [2.45, 2.75) is 24.4 Å². The molecular weight excluding hydrogens is 334 g/mol. The number of hydrogen-bond acceptors (Lipinski definition) is 3. The maximum atomic E-state index is 13.6. The first kappa shape index (κ1) is 16.0. The molecule has 0 radical (unpaired) electrons. The second-order valence-corrected chi connectivity index (χ2v) is 7.21. The number of oxime groups is 1. The van der Waals surface area contributed by atoms with E-state index in [1.807, 2.05) is 72.8 Å². The predicted octanol–water partition coefficient (Wildman–Crippen LogP) is 4.94. The second-order valence-electron chi connectivity index (χ2n) is 7.21. The number of ketones is 1. The fourth-order valence-corrected chi connectivity index (χ4v) is 4.53. The Morgan fingerprint density at radius 1 is 0.852 bits per heavy atom. The topological polar surface area (TPSA) is 38.7 Å². The Morgan fingerprint density at radius 3 is 2.19 bits per heavy atom. The third-order valence-corrected chi connectivity index (χ3v) is 5.87. The van der Waals surface area contributed by atoms with Crippen LogP contribution in [0.5, 0.6) is 0 Å². The molecule has 3 aromatic carbocycles. The van der Waals surface area contributed by atoms with E-state index in [1.54, 1.807) is 0 Å². The van der Waals surface area contributed by atoms with E-state index in [9.17, 15) is 4.79 Å². The van der Waals surface area contributed by atoms with Gasteiger partial charge in [-0.15, -0.1) is 0 Å². The number of carbonyl (C=O) groups is 1. The minimum absolute atomic E-state index is 0.0223. The highest BCUT2D eigenvalue weighted by Crippen LogP contribution is 2.54. The van der Waals surface area contributed by atoms with Crippen LogP contribution in [-0.4, -0.2) is 17.1 Å². The molecular formula is C24H19NO2. The molecule has 3 atom stereocenters. The van der Waals surface area contributed by atoms with Gasteiger partial charge in [0.05, 0.1) is 11.6 Å². The van der Waals surface area contributed by atoms with Crippen molar-refractivity contribution in [1.29, 1.82) is 0 Å². The molecule has 5 rings (SSSR count). The van der Waals surface area contributed by atoms with Crippen molar-refractivity contribution >= 4 is 11.5 Å². The highest BCUT2D eigenvalue weighted by atomic mass is 16.7. The van der Waals surface area contributed by atoms with Gasteiger partial charge in [-0.25, -0.2) is 0 Å². The van der Waals surface area contributed by atoms with Gasteiger partial charge < -0.3 is 4.84 Å². The third-order valence-electron chi connectivity index (χ3n) is 5.87. The van der Waals surface area contributed by atoms with E-state index < -0.39 is 5.60 Å². The Morgan fingerprint density at radius 2 is 1.48 bits per heavy atom. The summed E-state index contributed by atoms with van der Waals surface area (Å²) < 4.78 is 0. The van der Waals surface area contributed by atoms with Gasteiger partial charge in [0.1, 0.15) is 0 Å². The zero-order valence-corrected chi connectivity index (χ0v) is 15.0. The number of hydrogen-bond donors (Lipinski definition) is 0. The van der Waals surface area contributed by atoms with E-state index in [-0.39, 0.29) is 17.6 Å². The van der Waals surface area contributed by atoms with Crippen molar-refractivity contribution < 1.29 is 9.63 Å². The molecule has 0 saturated carbocycles. The lowest BCUT2D eigenvalue weighted by molar-refractivity contribution is -0.0199. The number of carbonyl (C=O) groups excluding carboxylic acids is 1. The molecule has 1 spiro atoms. The van der Waals surface area contributed by atoms with Crippen LogP contribution in [0.25, 0.3) is 0 Å². The van der Waals surface area contributed by atoms with Gasteiger partial charge >= 0.3 is 0 Å². The minimum Gasteiger partial charge on any atom is -0.379 e. The maximum Gasteiger partial charge on any atom is 0.218 e. The maximum absolute atomic E-state index is 13.6. The quantitative estimate of drug-likeness (QED) is 0.654. The van der Waals surface area contributed by atoms with Crippen LogP contribution in [0.4, 0.5) is 0 Å². The van der Waals surface area contributed by atoms with Crippen LogP contribution in [-0.2, 0) is 4.84 Å². The van der Waals surface area contributed by atoms with E-state index in [0.717, 1.165) is 28.0 Å². The monoisotopic (exact) mass is 353 g/mol. The number of fused-ring (bicyclic) bond motifs is 1. The molecule has 0 fully saturated rings. The van der Waals surface area contributed by atoms with E-state index in [2.05, 4.69) is 24.2 Å². The van der Waals surface area contributed by atoms with Crippen LogP contribution in [0.3, 0.4) is 0 Å². The Balaban J connectivity index is 1.71. The van der Waals surface area contributed by atoms with Crippen LogP contribution in [0, 0.1) is 0 Å². The van der Waals surface area contributed by atoms with Crippen molar-refractivity contribution in [2.75, 3.05) is 0 Å². The van der Waals surface area contributed by atoms with Crippen molar-refractivity contribution in [1.82, 2.24) is 0 Å². The van der Waals surface area contributed by atoms with Crippen LogP contribution < -0.4 is 0 Å². The van der Waals surface area contributed by atoms with E-state index in [1.165, 1.54) is 0 Å². The lowest BCUT2D eigenvalue weighted by Crippen LogP contribution is -2.45. The summed E-state index contributed by atoms with van der Waals surface area (Å²) in [5.41, 5.74) is 3.60. The number of Topliss-reactive ketones (excluding diaryl/α,β-unsaturated/α-hetero) is 1. The van der Waals surface area contributed by atoms with Crippen LogP contribution in [0.15, 0.2) is 90.1 Å². The Kier molecular flexibility index (Phi) is 3.51. The first-order chi connectivity index (χ1) is 13.2. The largest absolute Gasteiger partial charge is 0.379 e. The summed E-state index contributed by atoms with van der Waals surface area (Å²) in [5, 5.41) is 4.48. The SMILES string of the molecule is C[C@H]1c2ccccc2C(=O)[C@]12ON=C(c1ccccc1)[C@@H]2c1ccccc1. The highest BCUT2D eigenvalue weighted by molar-refractivity contribution is 6.17. The second kappa shape index (κ2) is 5.92. The predicted molar refractivity (Wildman–Crippen MR) is 105 cm³/mol. The molecule has 3 nitrogen and oxygen atoms in total. The van der Waals surface area contributed by atoms with E-state index in [4.69, 9.17) is 4.84 Å². The highest BCUT2D eigenvalue weighted by Gasteiger charge is 2.63. The van der Waals surface area contributed by atoms with Crippen molar-refractivity contribution in [2.24, 2.45) is 5.16 Å². The van der Waals surface area contributed by atoms with E-state index in [0.29, 0.717) is 0 Å². The average molecular weight is 353 g/mol. The molecule has 0 bridgehead atoms. The average Bonchev–Trinajstić information content (AvgIpc) is 3.23.